The van der Waals surface area contributed by atoms with Crippen LogP contribution >= 0.6 is 27.3 Å². The highest BCUT2D eigenvalue weighted by atomic mass is 79.9. The van der Waals surface area contributed by atoms with Crippen molar-refractivity contribution in [1.29, 1.82) is 0 Å². The molecule has 4 rings (SSSR count). The maximum Gasteiger partial charge on any atom is 0.231 e. The number of hydrogen-bond acceptors (Lipinski definition) is 4. The second-order valence-electron chi connectivity index (χ2n) is 6.76. The van der Waals surface area contributed by atoms with E-state index in [0.717, 1.165) is 32.2 Å². The zero-order valence-corrected chi connectivity index (χ0v) is 18.5. The summed E-state index contributed by atoms with van der Waals surface area (Å²) < 4.78 is 4.88. The Morgan fingerprint density at radius 1 is 1.14 bits per heavy atom. The molecule has 0 atom stereocenters. The number of nitrogens with one attached hydrogen (secondary N) is 1. The van der Waals surface area contributed by atoms with Crippen LogP contribution in [0.15, 0.2) is 58.5 Å². The summed E-state index contributed by atoms with van der Waals surface area (Å²) in [5.41, 5.74) is 4.10. The number of halogens is 1. The minimum atomic E-state index is -0.114. The van der Waals surface area contributed by atoms with E-state index in [4.69, 9.17) is 0 Å². The normalized spacial score (nSPS) is 11.0. The average molecular weight is 470 g/mol. The number of nitrogens with zero attached hydrogens (tertiary/aromatic N) is 4. The van der Waals surface area contributed by atoms with Crippen molar-refractivity contribution >= 4 is 39.0 Å². The quantitative estimate of drug-likeness (QED) is 0.443. The highest BCUT2D eigenvalue weighted by Crippen LogP contribution is 2.21. The third kappa shape index (κ3) is 4.33. The number of amides is 1. The molecule has 0 saturated carbocycles. The first-order chi connectivity index (χ1) is 14.0. The molecule has 0 aliphatic carbocycles. The molecule has 29 heavy (non-hydrogen) atoms. The van der Waals surface area contributed by atoms with Gasteiger partial charge in [0.05, 0.1) is 24.9 Å². The number of carbonyl (C=O) groups excluding carboxylic acids is 1. The number of hydrogen-bond donors (Lipinski definition) is 1. The molecule has 4 aromatic rings. The molecule has 0 fully saturated rings. The summed E-state index contributed by atoms with van der Waals surface area (Å²) in [4.78, 5) is 17.2. The first-order valence-electron chi connectivity index (χ1n) is 9.16. The minimum Gasteiger partial charge on any atom is -0.311 e. The van der Waals surface area contributed by atoms with Gasteiger partial charge in [-0.05, 0) is 37.6 Å². The molecule has 8 heteroatoms. The van der Waals surface area contributed by atoms with Crippen LogP contribution < -0.4 is 5.32 Å². The molecule has 1 amide bonds. The summed E-state index contributed by atoms with van der Waals surface area (Å²) in [6.07, 6.45) is 1.90. The van der Waals surface area contributed by atoms with Gasteiger partial charge < -0.3 is 5.32 Å². The molecule has 0 aliphatic rings. The number of thiazole rings is 1. The van der Waals surface area contributed by atoms with Gasteiger partial charge in [-0.25, -0.2) is 9.67 Å². The van der Waals surface area contributed by atoms with E-state index >= 15 is 0 Å². The smallest absolute Gasteiger partial charge is 0.231 e. The van der Waals surface area contributed by atoms with Crippen molar-refractivity contribution in [1.82, 2.24) is 19.3 Å². The van der Waals surface area contributed by atoms with Crippen LogP contribution in [-0.2, 0) is 17.8 Å². The number of carbonyl (C=O) groups is 1. The summed E-state index contributed by atoms with van der Waals surface area (Å²) in [6.45, 7) is 4.66. The van der Waals surface area contributed by atoms with Crippen molar-refractivity contribution in [3.8, 4) is 5.13 Å². The van der Waals surface area contributed by atoms with Crippen LogP contribution in [0.5, 0.6) is 0 Å². The van der Waals surface area contributed by atoms with E-state index in [1.807, 2.05) is 43.5 Å². The number of aryl methyl sites for hydroxylation is 2. The maximum atomic E-state index is 12.6. The second kappa shape index (κ2) is 8.34. The highest BCUT2D eigenvalue weighted by molar-refractivity contribution is 9.10. The zero-order valence-electron chi connectivity index (χ0n) is 16.1. The number of anilines is 1. The van der Waals surface area contributed by atoms with Gasteiger partial charge in [-0.2, -0.15) is 5.10 Å². The van der Waals surface area contributed by atoms with Gasteiger partial charge in [0, 0.05) is 27.3 Å². The van der Waals surface area contributed by atoms with E-state index < -0.39 is 0 Å². The van der Waals surface area contributed by atoms with Crippen molar-refractivity contribution in [3.63, 3.8) is 0 Å². The van der Waals surface area contributed by atoms with Gasteiger partial charge in [0.15, 0.2) is 5.13 Å². The fourth-order valence-corrected chi connectivity index (χ4v) is 4.51. The van der Waals surface area contributed by atoms with Crippen LogP contribution in [0.4, 0.5) is 5.82 Å². The van der Waals surface area contributed by atoms with Crippen LogP contribution in [0.1, 0.15) is 22.6 Å². The largest absolute Gasteiger partial charge is 0.311 e. The first-order valence-corrected chi connectivity index (χ1v) is 10.8. The third-order valence-electron chi connectivity index (χ3n) is 4.61. The number of benzene rings is 1. The molecule has 0 radical (unpaired) electrons. The lowest BCUT2D eigenvalue weighted by Crippen LogP contribution is -2.18. The Balaban J connectivity index is 1.44. The van der Waals surface area contributed by atoms with Gasteiger partial charge in [0.25, 0.3) is 0 Å². The van der Waals surface area contributed by atoms with E-state index in [1.165, 1.54) is 0 Å². The van der Waals surface area contributed by atoms with Crippen LogP contribution in [0.25, 0.3) is 5.13 Å². The van der Waals surface area contributed by atoms with Crippen LogP contribution in [0.2, 0.25) is 0 Å². The van der Waals surface area contributed by atoms with Crippen molar-refractivity contribution in [2.75, 3.05) is 5.32 Å². The lowest BCUT2D eigenvalue weighted by Gasteiger charge is -2.10. The molecular weight excluding hydrogens is 450 g/mol. The Hall–Kier alpha value is -2.71. The minimum absolute atomic E-state index is 0.114. The predicted octanol–water partition coefficient (Wildman–Crippen LogP) is 4.74. The standard InChI is InChI=1S/C21H20BrN5OS/c1-14-7-8-15(2)27(14)21-24-17(13-29-21)11-20(28)25-19-9-10-23-26(19)12-16-5-3-4-6-18(16)22/h3-10,13H,11-12H2,1-2H3,(H,25,28). The predicted molar refractivity (Wildman–Crippen MR) is 119 cm³/mol. The van der Waals surface area contributed by atoms with Crippen LogP contribution in [0.3, 0.4) is 0 Å². The molecule has 1 N–H and O–H groups in total. The molecule has 0 unspecified atom stereocenters. The lowest BCUT2D eigenvalue weighted by atomic mass is 10.2. The molecule has 0 bridgehead atoms. The topological polar surface area (TPSA) is 64.7 Å². The Morgan fingerprint density at radius 3 is 2.66 bits per heavy atom. The molecule has 3 aromatic heterocycles. The second-order valence-corrected chi connectivity index (χ2v) is 8.45. The molecule has 148 valence electrons. The molecule has 0 aliphatic heterocycles. The molecular formula is C21H20BrN5OS. The molecule has 0 spiro atoms. The van der Waals surface area contributed by atoms with Crippen molar-refractivity contribution in [2.45, 2.75) is 26.8 Å². The van der Waals surface area contributed by atoms with Gasteiger partial charge in [-0.1, -0.05) is 34.1 Å². The number of aromatic nitrogens is 4. The van der Waals surface area contributed by atoms with Gasteiger partial charge in [0.2, 0.25) is 5.91 Å². The zero-order chi connectivity index (χ0) is 20.4. The van der Waals surface area contributed by atoms with Gasteiger partial charge in [-0.15, -0.1) is 11.3 Å². The van der Waals surface area contributed by atoms with E-state index in [0.29, 0.717) is 12.4 Å². The third-order valence-corrected chi connectivity index (χ3v) is 6.25. The Bertz CT molecular complexity index is 1140. The first kappa shape index (κ1) is 19.6. The van der Waals surface area contributed by atoms with Crippen molar-refractivity contribution in [2.24, 2.45) is 0 Å². The van der Waals surface area contributed by atoms with Crippen LogP contribution in [-0.4, -0.2) is 25.2 Å². The fourth-order valence-electron chi connectivity index (χ4n) is 3.15. The van der Waals surface area contributed by atoms with Crippen LogP contribution in [0, 0.1) is 13.8 Å². The van der Waals surface area contributed by atoms with Crippen molar-refractivity contribution in [3.05, 3.63) is 81.2 Å². The summed E-state index contributed by atoms with van der Waals surface area (Å²) in [5.74, 6) is 0.551. The molecule has 3 heterocycles. The molecule has 0 saturated heterocycles. The summed E-state index contributed by atoms with van der Waals surface area (Å²) in [5, 5.41) is 10.1. The van der Waals surface area contributed by atoms with E-state index in [9.17, 15) is 4.79 Å². The summed E-state index contributed by atoms with van der Waals surface area (Å²) >= 11 is 5.09. The Kier molecular flexibility index (Phi) is 5.64. The van der Waals surface area contributed by atoms with Crippen molar-refractivity contribution < 1.29 is 4.79 Å². The van der Waals surface area contributed by atoms with Gasteiger partial charge in [0.1, 0.15) is 5.82 Å². The monoisotopic (exact) mass is 469 g/mol. The fraction of sp³-hybridized carbons (Fsp3) is 0.190. The van der Waals surface area contributed by atoms with Gasteiger partial charge >= 0.3 is 0 Å². The molecule has 6 nitrogen and oxygen atoms in total. The summed E-state index contributed by atoms with van der Waals surface area (Å²) in [6, 6.07) is 13.9. The average Bonchev–Trinajstić information content (AvgIpc) is 3.39. The summed E-state index contributed by atoms with van der Waals surface area (Å²) in [7, 11) is 0. The SMILES string of the molecule is Cc1ccc(C)n1-c1nc(CC(=O)Nc2ccnn2Cc2ccccc2Br)cs1. The van der Waals surface area contributed by atoms with Gasteiger partial charge in [-0.3, -0.25) is 9.36 Å². The van der Waals surface area contributed by atoms with E-state index in [2.05, 4.69) is 48.0 Å². The maximum absolute atomic E-state index is 12.6. The highest BCUT2D eigenvalue weighted by Gasteiger charge is 2.13. The Labute approximate surface area is 181 Å². The lowest BCUT2D eigenvalue weighted by molar-refractivity contribution is -0.115. The number of rotatable bonds is 6. The van der Waals surface area contributed by atoms with E-state index in [1.54, 1.807) is 28.3 Å². The molecule has 1 aromatic carbocycles. The van der Waals surface area contributed by atoms with E-state index in [-0.39, 0.29) is 12.3 Å². The Morgan fingerprint density at radius 2 is 1.90 bits per heavy atom.